The van der Waals surface area contributed by atoms with Crippen molar-refractivity contribution in [3.8, 4) is 0 Å². The monoisotopic (exact) mass is 493 g/mol. The number of nitrogens with zero attached hydrogens (tertiary/aromatic N) is 2. The van der Waals surface area contributed by atoms with Gasteiger partial charge in [0.05, 0.1) is 5.56 Å². The molecule has 0 saturated carbocycles. The summed E-state index contributed by atoms with van der Waals surface area (Å²) in [7, 11) is 0. The van der Waals surface area contributed by atoms with Gasteiger partial charge in [0, 0.05) is 47.6 Å². The van der Waals surface area contributed by atoms with Crippen LogP contribution in [0, 0.1) is 0 Å². The zero-order chi connectivity index (χ0) is 23.6. The molecule has 33 heavy (non-hydrogen) atoms. The molecule has 2 heterocycles. The Hall–Kier alpha value is -2.91. The molecule has 1 fully saturated rings. The summed E-state index contributed by atoms with van der Waals surface area (Å²) >= 11 is 7.24. The quantitative estimate of drug-likeness (QED) is 0.473. The van der Waals surface area contributed by atoms with Gasteiger partial charge in [0.15, 0.2) is 5.13 Å². The van der Waals surface area contributed by atoms with E-state index in [-0.39, 0.29) is 23.3 Å². The minimum absolute atomic E-state index is 0.112. The Kier molecular flexibility index (Phi) is 6.71. The molecule has 0 radical (unpaired) electrons. The maximum absolute atomic E-state index is 13.0. The lowest BCUT2D eigenvalue weighted by atomic mass is 10.1. The van der Waals surface area contributed by atoms with E-state index < -0.39 is 11.7 Å². The molecule has 1 saturated heterocycles. The molecule has 3 aromatic rings. The van der Waals surface area contributed by atoms with Crippen LogP contribution in [0.3, 0.4) is 0 Å². The Morgan fingerprint density at radius 1 is 1.21 bits per heavy atom. The van der Waals surface area contributed by atoms with Crippen molar-refractivity contribution >= 4 is 39.9 Å². The summed E-state index contributed by atoms with van der Waals surface area (Å²) in [5, 5.41) is 3.28. The maximum Gasteiger partial charge on any atom is 0.416 e. The van der Waals surface area contributed by atoms with Gasteiger partial charge in [-0.2, -0.15) is 13.2 Å². The number of anilines is 1. The smallest absolute Gasteiger partial charge is 0.338 e. The molecule has 0 spiro atoms. The number of hydrogen-bond donors (Lipinski definition) is 1. The minimum Gasteiger partial charge on any atom is -0.338 e. The van der Waals surface area contributed by atoms with Gasteiger partial charge in [0.1, 0.15) is 0 Å². The van der Waals surface area contributed by atoms with Crippen molar-refractivity contribution in [3.63, 3.8) is 0 Å². The van der Waals surface area contributed by atoms with Crippen LogP contribution in [0.5, 0.6) is 0 Å². The molecule has 5 nitrogen and oxygen atoms in total. The first-order valence-electron chi connectivity index (χ1n) is 10.2. The molecule has 2 amide bonds. The molecule has 0 atom stereocenters. The number of carbonyl (C=O) groups excluding carboxylic acids is 2. The summed E-state index contributed by atoms with van der Waals surface area (Å²) in [4.78, 5) is 31.1. The topological polar surface area (TPSA) is 62.3 Å². The zero-order valence-corrected chi connectivity index (χ0v) is 18.9. The van der Waals surface area contributed by atoms with Crippen LogP contribution in [0.2, 0.25) is 5.02 Å². The lowest BCUT2D eigenvalue weighted by Gasteiger charge is -2.15. The largest absolute Gasteiger partial charge is 0.416 e. The number of rotatable bonds is 6. The van der Waals surface area contributed by atoms with Crippen LogP contribution in [0.25, 0.3) is 0 Å². The van der Waals surface area contributed by atoms with Crippen molar-refractivity contribution < 1.29 is 22.8 Å². The van der Waals surface area contributed by atoms with Gasteiger partial charge in [-0.3, -0.25) is 14.9 Å². The van der Waals surface area contributed by atoms with Crippen LogP contribution in [0.15, 0.2) is 48.7 Å². The minimum atomic E-state index is -4.46. The number of hydrogen-bond acceptors (Lipinski definition) is 4. The fraction of sp³-hybridized carbons (Fsp3) is 0.261. The molecule has 0 bridgehead atoms. The van der Waals surface area contributed by atoms with Crippen LogP contribution >= 0.6 is 22.9 Å². The number of alkyl halides is 3. The van der Waals surface area contributed by atoms with E-state index in [0.717, 1.165) is 24.1 Å². The van der Waals surface area contributed by atoms with E-state index in [1.165, 1.54) is 23.6 Å². The van der Waals surface area contributed by atoms with Crippen molar-refractivity contribution in [2.75, 3.05) is 11.9 Å². The van der Waals surface area contributed by atoms with E-state index in [1.807, 2.05) is 6.07 Å². The normalized spacial score (nSPS) is 14.1. The molecule has 0 aliphatic carbocycles. The van der Waals surface area contributed by atoms with E-state index in [0.29, 0.717) is 40.6 Å². The first-order valence-corrected chi connectivity index (χ1v) is 11.4. The highest BCUT2D eigenvalue weighted by atomic mass is 35.5. The van der Waals surface area contributed by atoms with Gasteiger partial charge in [0.25, 0.3) is 5.91 Å². The maximum atomic E-state index is 13.0. The molecular weight excluding hydrogens is 475 g/mol. The van der Waals surface area contributed by atoms with Crippen molar-refractivity contribution in [2.24, 2.45) is 0 Å². The van der Waals surface area contributed by atoms with Crippen LogP contribution in [0.4, 0.5) is 18.3 Å². The predicted octanol–water partition coefficient (Wildman–Crippen LogP) is 5.78. The number of halogens is 4. The Morgan fingerprint density at radius 3 is 2.76 bits per heavy atom. The second-order valence-corrected chi connectivity index (χ2v) is 9.21. The number of aromatic nitrogens is 1. The van der Waals surface area contributed by atoms with Gasteiger partial charge in [-0.1, -0.05) is 23.7 Å². The third kappa shape index (κ3) is 5.72. The average molecular weight is 494 g/mol. The molecule has 2 aromatic carbocycles. The molecule has 1 aliphatic rings. The standard InChI is InChI=1S/C23H19ClF3N3O2S/c24-19-7-6-17(23(25,26)27)10-16(19)11-18-12-28-22(33-18)29-21(32)15-4-1-3-14(9-15)13-30-8-2-5-20(30)31/h1,3-4,6-7,9-10,12H,2,5,8,11,13H2,(H,28,29,32). The van der Waals surface area contributed by atoms with Crippen molar-refractivity contribution in [1.82, 2.24) is 9.88 Å². The highest BCUT2D eigenvalue weighted by molar-refractivity contribution is 7.15. The summed E-state index contributed by atoms with van der Waals surface area (Å²) in [6.45, 7) is 1.17. The fourth-order valence-corrected chi connectivity index (χ4v) is 4.61. The highest BCUT2D eigenvalue weighted by Gasteiger charge is 2.31. The molecule has 1 aromatic heterocycles. The third-order valence-corrected chi connectivity index (χ3v) is 6.53. The van der Waals surface area contributed by atoms with E-state index >= 15 is 0 Å². The number of thiazole rings is 1. The predicted molar refractivity (Wildman–Crippen MR) is 120 cm³/mol. The van der Waals surface area contributed by atoms with Crippen LogP contribution in [-0.4, -0.2) is 28.2 Å². The van der Waals surface area contributed by atoms with Crippen molar-refractivity contribution in [1.29, 1.82) is 0 Å². The summed E-state index contributed by atoms with van der Waals surface area (Å²) < 4.78 is 39.0. The molecule has 10 heteroatoms. The van der Waals surface area contributed by atoms with Crippen LogP contribution in [0.1, 0.15) is 44.8 Å². The van der Waals surface area contributed by atoms with E-state index in [4.69, 9.17) is 11.6 Å². The van der Waals surface area contributed by atoms with Gasteiger partial charge >= 0.3 is 6.18 Å². The van der Waals surface area contributed by atoms with Gasteiger partial charge in [0.2, 0.25) is 5.91 Å². The lowest BCUT2D eigenvalue weighted by Crippen LogP contribution is -2.24. The number of likely N-dealkylation sites (tertiary alicyclic amines) is 1. The molecule has 172 valence electrons. The zero-order valence-electron chi connectivity index (χ0n) is 17.3. The van der Waals surface area contributed by atoms with E-state index in [1.54, 1.807) is 23.1 Å². The summed E-state index contributed by atoms with van der Waals surface area (Å²) in [6, 6.07) is 10.2. The third-order valence-electron chi connectivity index (χ3n) is 5.25. The first-order chi connectivity index (χ1) is 15.7. The molecule has 4 rings (SSSR count). The number of amides is 2. The number of nitrogens with one attached hydrogen (secondary N) is 1. The SMILES string of the molecule is O=C(Nc1ncc(Cc2cc(C(F)(F)F)ccc2Cl)s1)c1cccc(CN2CCCC2=O)c1. The fourth-order valence-electron chi connectivity index (χ4n) is 3.59. The van der Waals surface area contributed by atoms with Crippen LogP contribution in [-0.2, 0) is 23.9 Å². The van der Waals surface area contributed by atoms with Crippen LogP contribution < -0.4 is 5.32 Å². The van der Waals surface area contributed by atoms with Gasteiger partial charge < -0.3 is 4.90 Å². The van der Waals surface area contributed by atoms with E-state index in [9.17, 15) is 22.8 Å². The second kappa shape index (κ2) is 9.52. The Labute approximate surface area is 197 Å². The average Bonchev–Trinajstić information content (AvgIpc) is 3.37. The molecule has 1 N–H and O–H groups in total. The summed E-state index contributed by atoms with van der Waals surface area (Å²) in [5.41, 5.74) is 0.848. The Morgan fingerprint density at radius 2 is 2.03 bits per heavy atom. The summed E-state index contributed by atoms with van der Waals surface area (Å²) in [5.74, 6) is -0.247. The van der Waals surface area contributed by atoms with Crippen molar-refractivity contribution in [3.05, 3.63) is 80.8 Å². The highest BCUT2D eigenvalue weighted by Crippen LogP contribution is 2.33. The number of carbonyl (C=O) groups is 2. The number of benzene rings is 2. The van der Waals surface area contributed by atoms with Gasteiger partial charge in [-0.05, 0) is 47.9 Å². The molecule has 0 unspecified atom stereocenters. The van der Waals surface area contributed by atoms with E-state index in [2.05, 4.69) is 10.3 Å². The Bertz CT molecular complexity index is 1200. The summed E-state index contributed by atoms with van der Waals surface area (Å²) in [6.07, 6.45) is -1.39. The first kappa shape index (κ1) is 23.3. The lowest BCUT2D eigenvalue weighted by molar-refractivity contribution is -0.137. The molecular formula is C23H19ClF3N3O2S. The second-order valence-electron chi connectivity index (χ2n) is 7.69. The van der Waals surface area contributed by atoms with Gasteiger partial charge in [-0.25, -0.2) is 4.98 Å². The molecule has 1 aliphatic heterocycles. The van der Waals surface area contributed by atoms with Gasteiger partial charge in [-0.15, -0.1) is 11.3 Å². The van der Waals surface area contributed by atoms with Crippen molar-refractivity contribution in [2.45, 2.75) is 32.0 Å². The Balaban J connectivity index is 1.42.